The highest BCUT2D eigenvalue weighted by atomic mass is 16.5. The monoisotopic (exact) mass is 961 g/mol. The number of nitrogens with one attached hydrogen (secondary N) is 5. The maximum absolute atomic E-state index is 13.9. The summed E-state index contributed by atoms with van der Waals surface area (Å²) in [5.74, 6) is 0.836. The molecule has 0 spiro atoms. The van der Waals surface area contributed by atoms with Gasteiger partial charge in [-0.05, 0) is 103 Å². The highest BCUT2D eigenvalue weighted by Crippen LogP contribution is 2.48. The molecule has 5 heterocycles. The number of rotatable bonds is 14. The largest absolute Gasteiger partial charge is 0.453 e. The predicted molar refractivity (Wildman–Crippen MR) is 265 cm³/mol. The van der Waals surface area contributed by atoms with Gasteiger partial charge in [0.2, 0.25) is 11.8 Å². The minimum Gasteiger partial charge on any atom is -0.453 e. The number of hydrogen-bond acceptors (Lipinski definition) is 11. The molecule has 3 aliphatic rings. The van der Waals surface area contributed by atoms with E-state index < -0.39 is 30.4 Å². The van der Waals surface area contributed by atoms with E-state index in [0.717, 1.165) is 88.8 Å². The lowest BCUT2D eigenvalue weighted by Gasteiger charge is -2.34. The predicted octanol–water partition coefficient (Wildman–Crippen LogP) is 8.24. The zero-order valence-corrected chi connectivity index (χ0v) is 41.8. The molecule has 0 bridgehead atoms. The minimum atomic E-state index is -0.730. The van der Waals surface area contributed by atoms with E-state index in [-0.39, 0.29) is 53.2 Å². The summed E-state index contributed by atoms with van der Waals surface area (Å²) in [7, 11) is 3.94. The lowest BCUT2D eigenvalue weighted by atomic mass is 9.84. The Bertz CT molecular complexity index is 2570. The Balaban J connectivity index is 1.10. The van der Waals surface area contributed by atoms with Crippen LogP contribution in [0.2, 0.25) is 0 Å². The number of imidazole rings is 2. The maximum Gasteiger partial charge on any atom is 0.407 e. The molecule has 0 radical (unpaired) electrons. The van der Waals surface area contributed by atoms with E-state index in [1.807, 2.05) is 37.5 Å². The van der Waals surface area contributed by atoms with Gasteiger partial charge in [0.25, 0.3) is 0 Å². The van der Waals surface area contributed by atoms with E-state index in [0.29, 0.717) is 25.5 Å². The number of alkyl carbamates (subject to hydrolysis) is 3. The molecule has 0 saturated carbocycles. The standard InChI is InChI=1S/C52H68N10O8/c1-29(2)43(58-50(66)69-8)47(63)60-24-10-12-41(60)45-54-35-20-14-31(26-37(35)56-45)39-22-23-40(62(39)34-18-16-33(17-19-34)52(5,6)28-53-49(65)68-7)32-15-21-36-38(27-32)57-46(55-36)42-13-11-25-61(42)48(64)44(30(3)4)59-51(67)70-9/h14-21,26-27,29-30,39-44H,10-13,22-25,28H2,1-9H3,(H,53,65)(H,54,56)(H,55,57)(H,58,66)(H,59,67)/t39-,40-,41+,42+,43+,44+/m1/s1. The number of likely N-dealkylation sites (tertiary alicyclic amines) is 2. The molecule has 374 valence electrons. The molecule has 70 heavy (non-hydrogen) atoms. The quantitative estimate of drug-likeness (QED) is 0.0668. The molecule has 3 aromatic carbocycles. The van der Waals surface area contributed by atoms with E-state index in [4.69, 9.17) is 24.2 Å². The molecule has 3 aliphatic heterocycles. The van der Waals surface area contributed by atoms with Crippen molar-refractivity contribution in [2.75, 3.05) is 45.9 Å². The molecule has 18 heteroatoms. The number of nitrogens with zero attached hydrogens (tertiary/aromatic N) is 5. The number of carbonyl (C=O) groups is 5. The second-order valence-electron chi connectivity index (χ2n) is 20.2. The van der Waals surface area contributed by atoms with E-state index in [2.05, 4.69) is 105 Å². The number of aromatic nitrogens is 4. The van der Waals surface area contributed by atoms with Gasteiger partial charge in [0.1, 0.15) is 23.7 Å². The Morgan fingerprint density at radius 3 is 1.66 bits per heavy atom. The summed E-state index contributed by atoms with van der Waals surface area (Å²) in [6.45, 7) is 13.3. The van der Waals surface area contributed by atoms with Gasteiger partial charge in [-0.2, -0.15) is 0 Å². The summed E-state index contributed by atoms with van der Waals surface area (Å²) in [6.07, 6.45) is 3.10. The van der Waals surface area contributed by atoms with Crippen LogP contribution in [0.3, 0.4) is 0 Å². The first-order chi connectivity index (χ1) is 33.5. The van der Waals surface area contributed by atoms with Crippen molar-refractivity contribution in [1.82, 2.24) is 45.7 Å². The first kappa shape index (κ1) is 49.6. The van der Waals surface area contributed by atoms with Gasteiger partial charge >= 0.3 is 18.3 Å². The van der Waals surface area contributed by atoms with Crippen LogP contribution in [-0.4, -0.2) is 113 Å². The van der Waals surface area contributed by atoms with Crippen molar-refractivity contribution in [2.45, 2.75) is 122 Å². The second kappa shape index (κ2) is 20.6. The number of amides is 5. The smallest absolute Gasteiger partial charge is 0.407 e. The first-order valence-electron chi connectivity index (χ1n) is 24.5. The molecule has 5 N–H and O–H groups in total. The fraction of sp³-hybridized carbons (Fsp3) is 0.519. The molecule has 0 unspecified atom stereocenters. The maximum atomic E-state index is 13.9. The number of H-pyrrole nitrogens is 2. The molecule has 18 nitrogen and oxygen atoms in total. The summed E-state index contributed by atoms with van der Waals surface area (Å²) in [5.41, 5.74) is 7.34. The Kier molecular flexibility index (Phi) is 14.6. The number of aromatic amines is 2. The van der Waals surface area contributed by atoms with Crippen molar-refractivity contribution < 1.29 is 38.2 Å². The highest BCUT2D eigenvalue weighted by Gasteiger charge is 2.41. The molecule has 2 aromatic heterocycles. The van der Waals surface area contributed by atoms with E-state index in [9.17, 15) is 24.0 Å². The van der Waals surface area contributed by atoms with Crippen molar-refractivity contribution in [1.29, 1.82) is 0 Å². The third-order valence-corrected chi connectivity index (χ3v) is 14.5. The van der Waals surface area contributed by atoms with Crippen LogP contribution >= 0.6 is 0 Å². The Hall–Kier alpha value is -6.85. The molecule has 5 aromatic rings. The van der Waals surface area contributed by atoms with Gasteiger partial charge in [-0.25, -0.2) is 24.4 Å². The van der Waals surface area contributed by atoms with Gasteiger partial charge in [-0.3, -0.25) is 9.59 Å². The van der Waals surface area contributed by atoms with Crippen LogP contribution in [0.5, 0.6) is 0 Å². The van der Waals surface area contributed by atoms with Crippen LogP contribution in [0.15, 0.2) is 60.7 Å². The van der Waals surface area contributed by atoms with Gasteiger partial charge in [-0.1, -0.05) is 65.8 Å². The number of fused-ring (bicyclic) bond motifs is 2. The van der Waals surface area contributed by atoms with Crippen LogP contribution in [-0.2, 0) is 29.2 Å². The van der Waals surface area contributed by atoms with Gasteiger partial charge in [0.05, 0.1) is 67.6 Å². The fourth-order valence-corrected chi connectivity index (χ4v) is 10.6. The minimum absolute atomic E-state index is 0.0160. The number of ether oxygens (including phenoxy) is 3. The SMILES string of the molecule is COC(=O)NCC(C)(C)c1ccc(N2[C@@H](c3ccc4[nH]c([C@@H]5CCCN5C(=O)[C@@H](NC(=O)OC)C(C)C)nc4c3)CC[C@@H]2c2ccc3nc([C@@H]4CCCN4C(=O)[C@@H](NC(=O)OC)C(C)C)[nH]c3c2)cc1. The summed E-state index contributed by atoms with van der Waals surface area (Å²) in [5, 5.41) is 8.32. The molecule has 3 saturated heterocycles. The molecular formula is C52H68N10O8. The number of anilines is 1. The van der Waals surface area contributed by atoms with Gasteiger partial charge in [0.15, 0.2) is 0 Å². The molecular weight excluding hydrogens is 893 g/mol. The van der Waals surface area contributed by atoms with E-state index in [1.165, 1.54) is 21.3 Å². The zero-order valence-electron chi connectivity index (χ0n) is 41.8. The number of benzene rings is 3. The van der Waals surface area contributed by atoms with Gasteiger partial charge in [-0.15, -0.1) is 0 Å². The lowest BCUT2D eigenvalue weighted by Crippen LogP contribution is -2.51. The van der Waals surface area contributed by atoms with E-state index >= 15 is 0 Å². The zero-order chi connectivity index (χ0) is 50.0. The van der Waals surface area contributed by atoms with Crippen molar-refractivity contribution in [3.63, 3.8) is 0 Å². The molecule has 0 aliphatic carbocycles. The number of methoxy groups -OCH3 is 3. The lowest BCUT2D eigenvalue weighted by molar-refractivity contribution is -0.136. The molecule has 8 rings (SSSR count). The third kappa shape index (κ3) is 10.1. The van der Waals surface area contributed by atoms with Crippen molar-refractivity contribution in [3.8, 4) is 0 Å². The fourth-order valence-electron chi connectivity index (χ4n) is 10.6. The Labute approximate surface area is 409 Å². The number of carbonyl (C=O) groups excluding carboxylic acids is 5. The number of hydrogen-bond donors (Lipinski definition) is 5. The van der Waals surface area contributed by atoms with Gasteiger partial charge < -0.3 is 54.8 Å². The second-order valence-corrected chi connectivity index (χ2v) is 20.2. The van der Waals surface area contributed by atoms with Gasteiger partial charge in [0, 0.05) is 30.7 Å². The van der Waals surface area contributed by atoms with Crippen LogP contribution in [0, 0.1) is 11.8 Å². The average Bonchev–Trinajstić information content (AvgIpc) is 4.22. The third-order valence-electron chi connectivity index (χ3n) is 14.5. The summed E-state index contributed by atoms with van der Waals surface area (Å²) >= 11 is 0. The summed E-state index contributed by atoms with van der Waals surface area (Å²) in [4.78, 5) is 87.7. The van der Waals surface area contributed by atoms with Crippen LogP contribution in [0.1, 0.15) is 133 Å². The van der Waals surface area contributed by atoms with Crippen molar-refractivity contribution >= 4 is 57.8 Å². The van der Waals surface area contributed by atoms with Crippen LogP contribution in [0.4, 0.5) is 20.1 Å². The topological polar surface area (TPSA) is 216 Å². The summed E-state index contributed by atoms with van der Waals surface area (Å²) < 4.78 is 14.5. The molecule has 5 amide bonds. The molecule has 6 atom stereocenters. The van der Waals surface area contributed by atoms with Crippen molar-refractivity contribution in [3.05, 3.63) is 89.0 Å². The first-order valence-corrected chi connectivity index (χ1v) is 24.5. The normalized spacial score (nSPS) is 20.3. The van der Waals surface area contributed by atoms with Crippen molar-refractivity contribution in [2.24, 2.45) is 11.8 Å². The Morgan fingerprint density at radius 2 is 1.13 bits per heavy atom. The summed E-state index contributed by atoms with van der Waals surface area (Å²) in [6, 6.07) is 19.3. The van der Waals surface area contributed by atoms with Crippen LogP contribution in [0.25, 0.3) is 22.1 Å². The van der Waals surface area contributed by atoms with E-state index in [1.54, 1.807) is 0 Å². The average molecular weight is 961 g/mol. The Morgan fingerprint density at radius 1 is 0.629 bits per heavy atom. The highest BCUT2D eigenvalue weighted by molar-refractivity contribution is 5.88. The van der Waals surface area contributed by atoms with Crippen LogP contribution < -0.4 is 20.9 Å². The molecule has 3 fully saturated rings.